The molecule has 1 aliphatic carbocycles. The fourth-order valence-electron chi connectivity index (χ4n) is 4.60. The fourth-order valence-corrected chi connectivity index (χ4v) is 4.60. The molecule has 0 bridgehead atoms. The van der Waals surface area contributed by atoms with Crippen LogP contribution in [-0.4, -0.2) is 9.55 Å². The van der Waals surface area contributed by atoms with E-state index >= 15 is 0 Å². The van der Waals surface area contributed by atoms with Crippen LogP contribution in [0.4, 0.5) is 0 Å². The van der Waals surface area contributed by atoms with E-state index in [-0.39, 0.29) is 5.41 Å². The van der Waals surface area contributed by atoms with Crippen molar-refractivity contribution in [1.82, 2.24) is 9.55 Å². The number of hydrogen-bond donors (Lipinski definition) is 0. The van der Waals surface area contributed by atoms with Gasteiger partial charge in [0, 0.05) is 18.0 Å². The highest BCUT2D eigenvalue weighted by atomic mass is 15.1. The summed E-state index contributed by atoms with van der Waals surface area (Å²) in [5, 5.41) is 0. The molecule has 3 aromatic rings. The first-order valence-corrected chi connectivity index (χ1v) is 10.6. The summed E-state index contributed by atoms with van der Waals surface area (Å²) in [6.45, 7) is 13.9. The molecule has 0 spiro atoms. The van der Waals surface area contributed by atoms with E-state index in [1.165, 1.54) is 34.4 Å². The minimum absolute atomic E-state index is 0.270. The van der Waals surface area contributed by atoms with Crippen molar-refractivity contribution < 1.29 is 0 Å². The van der Waals surface area contributed by atoms with Crippen molar-refractivity contribution in [2.75, 3.05) is 0 Å². The van der Waals surface area contributed by atoms with Crippen molar-refractivity contribution in [2.24, 2.45) is 5.92 Å². The number of aromatic nitrogens is 2. The van der Waals surface area contributed by atoms with E-state index in [9.17, 15) is 0 Å². The van der Waals surface area contributed by atoms with E-state index in [4.69, 9.17) is 4.98 Å². The van der Waals surface area contributed by atoms with Gasteiger partial charge in [-0.3, -0.25) is 4.57 Å². The monoisotopic (exact) mass is 372 g/mol. The van der Waals surface area contributed by atoms with Gasteiger partial charge in [-0.15, -0.1) is 0 Å². The summed E-state index contributed by atoms with van der Waals surface area (Å²) < 4.78 is 2.33. The molecule has 2 aromatic carbocycles. The Hall–Kier alpha value is -2.35. The third-order valence-electron chi connectivity index (χ3n) is 6.67. The predicted octanol–water partition coefficient (Wildman–Crippen LogP) is 7.08. The number of imidazole rings is 1. The van der Waals surface area contributed by atoms with Gasteiger partial charge in [-0.2, -0.15) is 0 Å². The zero-order valence-corrected chi connectivity index (χ0v) is 18.0. The minimum atomic E-state index is 0.270. The van der Waals surface area contributed by atoms with Gasteiger partial charge in [0.05, 0.1) is 5.69 Å². The third kappa shape index (κ3) is 2.99. The van der Waals surface area contributed by atoms with Gasteiger partial charge in [0.25, 0.3) is 0 Å². The maximum atomic E-state index is 4.85. The molecule has 1 saturated carbocycles. The van der Waals surface area contributed by atoms with E-state index in [0.717, 1.165) is 11.7 Å². The average Bonchev–Trinajstić information content (AvgIpc) is 3.07. The van der Waals surface area contributed by atoms with E-state index in [1.807, 2.05) is 6.20 Å². The Kier molecular flexibility index (Phi) is 4.69. The van der Waals surface area contributed by atoms with Gasteiger partial charge in [-0.25, -0.2) is 4.98 Å². The molecule has 0 amide bonds. The molecule has 1 fully saturated rings. The molecule has 2 unspecified atom stereocenters. The Morgan fingerprint density at radius 3 is 2.14 bits per heavy atom. The lowest BCUT2D eigenvalue weighted by Crippen LogP contribution is -2.10. The molecule has 0 saturated heterocycles. The van der Waals surface area contributed by atoms with Crippen LogP contribution in [-0.2, 0) is 5.41 Å². The van der Waals surface area contributed by atoms with Crippen LogP contribution in [0.25, 0.3) is 17.1 Å². The SMILES string of the molecule is CC(C)c1cccc(C(C)C)c1-n1ccnc1-c1ccccc1C1(C)CC1C. The van der Waals surface area contributed by atoms with Crippen molar-refractivity contribution in [3.8, 4) is 17.1 Å². The highest BCUT2D eigenvalue weighted by Crippen LogP contribution is 2.55. The largest absolute Gasteiger partial charge is 0.299 e. The summed E-state index contributed by atoms with van der Waals surface area (Å²) in [5.74, 6) is 2.71. The van der Waals surface area contributed by atoms with E-state index < -0.39 is 0 Å². The average molecular weight is 373 g/mol. The second-order valence-corrected chi connectivity index (χ2v) is 9.28. The van der Waals surface area contributed by atoms with Gasteiger partial charge >= 0.3 is 0 Å². The second-order valence-electron chi connectivity index (χ2n) is 9.28. The molecule has 0 radical (unpaired) electrons. The van der Waals surface area contributed by atoms with Gasteiger partial charge in [0.1, 0.15) is 5.82 Å². The van der Waals surface area contributed by atoms with Crippen molar-refractivity contribution in [3.63, 3.8) is 0 Å². The molecule has 28 heavy (non-hydrogen) atoms. The molecule has 1 aromatic heterocycles. The normalized spacial score (nSPS) is 21.5. The molecular weight excluding hydrogens is 340 g/mol. The van der Waals surface area contributed by atoms with Crippen molar-refractivity contribution >= 4 is 0 Å². The van der Waals surface area contributed by atoms with E-state index in [0.29, 0.717) is 11.8 Å². The van der Waals surface area contributed by atoms with Crippen LogP contribution in [0.1, 0.15) is 76.5 Å². The minimum Gasteiger partial charge on any atom is -0.299 e. The van der Waals surface area contributed by atoms with Crippen LogP contribution >= 0.6 is 0 Å². The van der Waals surface area contributed by atoms with Gasteiger partial charge < -0.3 is 0 Å². The quantitative estimate of drug-likeness (QED) is 0.468. The molecular formula is C26H32N2. The lowest BCUT2D eigenvalue weighted by molar-refractivity contribution is 0.702. The van der Waals surface area contributed by atoms with Crippen LogP contribution in [0.5, 0.6) is 0 Å². The summed E-state index contributed by atoms with van der Waals surface area (Å²) in [4.78, 5) is 4.85. The van der Waals surface area contributed by atoms with Crippen molar-refractivity contribution in [1.29, 1.82) is 0 Å². The first-order chi connectivity index (χ1) is 13.3. The standard InChI is InChI=1S/C26H32N2/c1-17(2)20-11-9-12-21(18(3)4)24(20)28-15-14-27-25(28)22-10-7-8-13-23(22)26(6)16-19(26)5/h7-15,17-19H,16H2,1-6H3. The number of nitrogens with zero attached hydrogens (tertiary/aromatic N) is 2. The Morgan fingerprint density at radius 1 is 0.964 bits per heavy atom. The molecule has 1 heterocycles. The summed E-state index contributed by atoms with van der Waals surface area (Å²) in [7, 11) is 0. The molecule has 2 heteroatoms. The van der Waals surface area contributed by atoms with Crippen molar-refractivity contribution in [2.45, 2.75) is 65.2 Å². The zero-order valence-electron chi connectivity index (χ0n) is 18.0. The van der Waals surface area contributed by atoms with Crippen LogP contribution in [0, 0.1) is 5.92 Å². The summed E-state index contributed by atoms with van der Waals surface area (Å²) in [6.07, 6.45) is 5.34. The maximum absolute atomic E-state index is 4.85. The van der Waals surface area contributed by atoms with Gasteiger partial charge in [-0.1, -0.05) is 84.0 Å². The Morgan fingerprint density at radius 2 is 1.57 bits per heavy atom. The first-order valence-electron chi connectivity index (χ1n) is 10.6. The molecule has 146 valence electrons. The lowest BCUT2D eigenvalue weighted by Gasteiger charge is -2.23. The van der Waals surface area contributed by atoms with Crippen LogP contribution in [0.3, 0.4) is 0 Å². The first kappa shape index (κ1) is 19.0. The number of para-hydroxylation sites is 1. The van der Waals surface area contributed by atoms with E-state index in [2.05, 4.69) is 94.8 Å². The molecule has 2 nitrogen and oxygen atoms in total. The Bertz CT molecular complexity index is 969. The summed E-state index contributed by atoms with van der Waals surface area (Å²) in [5.41, 5.74) is 7.05. The Labute approximate surface area is 169 Å². The molecule has 2 atom stereocenters. The fraction of sp³-hybridized carbons (Fsp3) is 0.423. The molecule has 0 N–H and O–H groups in total. The Balaban J connectivity index is 1.95. The zero-order chi connectivity index (χ0) is 20.1. The highest BCUT2D eigenvalue weighted by Gasteiger charge is 2.49. The highest BCUT2D eigenvalue weighted by molar-refractivity contribution is 5.68. The third-order valence-corrected chi connectivity index (χ3v) is 6.67. The smallest absolute Gasteiger partial charge is 0.144 e. The summed E-state index contributed by atoms with van der Waals surface area (Å²) in [6, 6.07) is 15.6. The number of rotatable bonds is 5. The number of benzene rings is 2. The van der Waals surface area contributed by atoms with E-state index in [1.54, 1.807) is 0 Å². The second kappa shape index (κ2) is 6.92. The van der Waals surface area contributed by atoms with Gasteiger partial charge in [0.15, 0.2) is 0 Å². The van der Waals surface area contributed by atoms with Crippen LogP contribution < -0.4 is 0 Å². The molecule has 1 aliphatic rings. The van der Waals surface area contributed by atoms with Crippen molar-refractivity contribution in [3.05, 3.63) is 71.5 Å². The maximum Gasteiger partial charge on any atom is 0.144 e. The topological polar surface area (TPSA) is 17.8 Å². The van der Waals surface area contributed by atoms with Gasteiger partial charge in [0.2, 0.25) is 0 Å². The summed E-state index contributed by atoms with van der Waals surface area (Å²) >= 11 is 0. The lowest BCUT2D eigenvalue weighted by atomic mass is 9.90. The van der Waals surface area contributed by atoms with Crippen LogP contribution in [0.15, 0.2) is 54.9 Å². The van der Waals surface area contributed by atoms with Gasteiger partial charge in [-0.05, 0) is 46.3 Å². The molecule has 4 rings (SSSR count). The predicted molar refractivity (Wildman–Crippen MR) is 118 cm³/mol. The number of hydrogen-bond acceptors (Lipinski definition) is 1. The molecule has 0 aliphatic heterocycles. The van der Waals surface area contributed by atoms with Crippen LogP contribution in [0.2, 0.25) is 0 Å².